The van der Waals surface area contributed by atoms with Gasteiger partial charge in [0.15, 0.2) is 0 Å². The zero-order valence-corrected chi connectivity index (χ0v) is 24.9. The summed E-state index contributed by atoms with van der Waals surface area (Å²) in [6, 6.07) is 0. The van der Waals surface area contributed by atoms with Crippen molar-refractivity contribution in [3.8, 4) is 11.5 Å². The van der Waals surface area contributed by atoms with Gasteiger partial charge in [0.2, 0.25) is 0 Å². The van der Waals surface area contributed by atoms with E-state index in [1.54, 1.807) is 6.08 Å². The highest BCUT2D eigenvalue weighted by molar-refractivity contribution is 6.49. The van der Waals surface area contributed by atoms with Gasteiger partial charge in [0.25, 0.3) is 9.04 Å². The summed E-state index contributed by atoms with van der Waals surface area (Å²) >= 11 is 0. The lowest BCUT2D eigenvalue weighted by Gasteiger charge is -2.38. The largest absolute Gasteiger partial charge is 0.542 e. The highest BCUT2D eigenvalue weighted by Crippen LogP contribution is 2.45. The van der Waals surface area contributed by atoms with Crippen LogP contribution in [0.3, 0.4) is 0 Å². The van der Waals surface area contributed by atoms with E-state index in [4.69, 9.17) is 9.16 Å². The standard InChI is InChI=1S/C31H47F2O2Si/c1-22(14-10-16-27(20-32)21-33)12-9-13-23(2)15-11-18-31(6)19-17-28-26(5)29(35-36(7)8)24(3)25(4)30(28)34-31/h12,15-16H,9-11,13-14,17-21H2,1-8H3/b22-12+,23-15+/t31-/m1/s1. The summed E-state index contributed by atoms with van der Waals surface area (Å²) < 4.78 is 38.0. The molecule has 201 valence electrons. The first-order valence-corrected chi connectivity index (χ1v) is 15.8. The Balaban J connectivity index is 1.91. The third-order valence-electron chi connectivity index (χ3n) is 7.38. The van der Waals surface area contributed by atoms with Crippen LogP contribution in [0.15, 0.2) is 34.9 Å². The van der Waals surface area contributed by atoms with Crippen LogP contribution in [-0.4, -0.2) is 28.0 Å². The van der Waals surface area contributed by atoms with Crippen LogP contribution < -0.4 is 9.16 Å². The van der Waals surface area contributed by atoms with Gasteiger partial charge in [-0.1, -0.05) is 29.4 Å². The molecule has 5 heteroatoms. The summed E-state index contributed by atoms with van der Waals surface area (Å²) in [7, 11) is -0.815. The van der Waals surface area contributed by atoms with Crippen molar-refractivity contribution in [3.05, 3.63) is 57.2 Å². The topological polar surface area (TPSA) is 18.5 Å². The Morgan fingerprint density at radius 1 is 0.917 bits per heavy atom. The van der Waals surface area contributed by atoms with Crippen LogP contribution in [0.1, 0.15) is 88.0 Å². The molecule has 1 radical (unpaired) electrons. The van der Waals surface area contributed by atoms with Crippen LogP contribution in [0.25, 0.3) is 0 Å². The fourth-order valence-electron chi connectivity index (χ4n) is 4.84. The molecule has 36 heavy (non-hydrogen) atoms. The Hall–Kier alpha value is -1.88. The minimum absolute atomic E-state index is 0.150. The van der Waals surface area contributed by atoms with Gasteiger partial charge in [-0.2, -0.15) is 0 Å². The van der Waals surface area contributed by atoms with Crippen LogP contribution >= 0.6 is 0 Å². The molecule has 0 aromatic heterocycles. The maximum Gasteiger partial charge on any atom is 0.274 e. The van der Waals surface area contributed by atoms with E-state index in [-0.39, 0.29) is 11.2 Å². The zero-order valence-electron chi connectivity index (χ0n) is 23.9. The zero-order chi connectivity index (χ0) is 26.9. The molecule has 2 nitrogen and oxygen atoms in total. The number of hydrogen-bond acceptors (Lipinski definition) is 2. The van der Waals surface area contributed by atoms with Crippen LogP contribution in [0.2, 0.25) is 13.1 Å². The molecule has 0 aliphatic carbocycles. The Morgan fingerprint density at radius 3 is 2.08 bits per heavy atom. The van der Waals surface area contributed by atoms with Crippen LogP contribution in [0, 0.1) is 20.8 Å². The van der Waals surface area contributed by atoms with Crippen molar-refractivity contribution in [3.63, 3.8) is 0 Å². The van der Waals surface area contributed by atoms with Crippen molar-refractivity contribution in [1.29, 1.82) is 0 Å². The second-order valence-electron chi connectivity index (χ2n) is 10.9. The van der Waals surface area contributed by atoms with Gasteiger partial charge in [0.05, 0.1) is 0 Å². The normalized spacial score (nSPS) is 18.2. The van der Waals surface area contributed by atoms with Gasteiger partial charge in [-0.25, -0.2) is 8.78 Å². The van der Waals surface area contributed by atoms with E-state index in [9.17, 15) is 8.78 Å². The van der Waals surface area contributed by atoms with E-state index in [1.807, 2.05) is 0 Å². The fourth-order valence-corrected chi connectivity index (χ4v) is 5.55. The lowest BCUT2D eigenvalue weighted by molar-refractivity contribution is 0.0559. The monoisotopic (exact) mass is 517 g/mol. The van der Waals surface area contributed by atoms with E-state index in [1.165, 1.54) is 33.4 Å². The van der Waals surface area contributed by atoms with Crippen molar-refractivity contribution in [2.75, 3.05) is 13.3 Å². The molecule has 0 bridgehead atoms. The van der Waals surface area contributed by atoms with Crippen molar-refractivity contribution >= 4 is 9.04 Å². The number of benzene rings is 1. The molecular weight excluding hydrogens is 470 g/mol. The molecule has 1 aliphatic heterocycles. The van der Waals surface area contributed by atoms with E-state index in [2.05, 4.69) is 66.8 Å². The summed E-state index contributed by atoms with van der Waals surface area (Å²) in [4.78, 5) is 0. The minimum Gasteiger partial charge on any atom is -0.542 e. The molecule has 1 aromatic rings. The second-order valence-corrected chi connectivity index (χ2v) is 12.9. The number of alkyl halides is 2. The van der Waals surface area contributed by atoms with Gasteiger partial charge in [-0.05, 0) is 128 Å². The summed E-state index contributed by atoms with van der Waals surface area (Å²) in [5.41, 5.74) is 7.79. The average molecular weight is 518 g/mol. The Bertz CT molecular complexity index is 972. The van der Waals surface area contributed by atoms with E-state index < -0.39 is 22.4 Å². The molecule has 0 spiro atoms. The molecule has 1 heterocycles. The fraction of sp³-hybridized carbons (Fsp3) is 0.613. The van der Waals surface area contributed by atoms with Gasteiger partial charge in [0, 0.05) is 5.56 Å². The highest BCUT2D eigenvalue weighted by Gasteiger charge is 2.34. The number of rotatable bonds is 13. The Kier molecular flexibility index (Phi) is 11.9. The predicted molar refractivity (Wildman–Crippen MR) is 151 cm³/mol. The molecule has 1 aliphatic rings. The molecule has 0 amide bonds. The van der Waals surface area contributed by atoms with E-state index in [0.29, 0.717) is 6.42 Å². The Morgan fingerprint density at radius 2 is 1.50 bits per heavy atom. The predicted octanol–water partition coefficient (Wildman–Crippen LogP) is 9.42. The van der Waals surface area contributed by atoms with Crippen LogP contribution in [0.4, 0.5) is 8.78 Å². The second kappa shape index (κ2) is 14.2. The molecule has 1 aromatic carbocycles. The van der Waals surface area contributed by atoms with Crippen molar-refractivity contribution in [2.45, 2.75) is 112 Å². The summed E-state index contributed by atoms with van der Waals surface area (Å²) in [5, 5.41) is 0. The maximum atomic E-state index is 12.5. The summed E-state index contributed by atoms with van der Waals surface area (Å²) in [6.45, 7) is 16.0. The van der Waals surface area contributed by atoms with Gasteiger partial charge in [-0.15, -0.1) is 0 Å². The lowest BCUT2D eigenvalue weighted by atomic mass is 9.85. The molecule has 0 N–H and O–H groups in total. The first kappa shape index (κ1) is 30.3. The van der Waals surface area contributed by atoms with Crippen LogP contribution in [0.5, 0.6) is 11.5 Å². The maximum absolute atomic E-state index is 12.5. The van der Waals surface area contributed by atoms with Gasteiger partial charge < -0.3 is 9.16 Å². The molecular formula is C31H47F2O2Si. The first-order chi connectivity index (χ1) is 17.0. The molecule has 2 rings (SSSR count). The van der Waals surface area contributed by atoms with Crippen LogP contribution in [-0.2, 0) is 6.42 Å². The van der Waals surface area contributed by atoms with Gasteiger partial charge >= 0.3 is 0 Å². The van der Waals surface area contributed by atoms with Crippen molar-refractivity contribution in [1.82, 2.24) is 0 Å². The van der Waals surface area contributed by atoms with E-state index in [0.717, 1.165) is 56.4 Å². The number of allylic oxidation sites excluding steroid dienone is 6. The lowest BCUT2D eigenvalue weighted by Crippen LogP contribution is -2.37. The number of halogens is 2. The Labute approximate surface area is 220 Å². The smallest absolute Gasteiger partial charge is 0.274 e. The molecule has 1 atom stereocenters. The van der Waals surface area contributed by atoms with Gasteiger partial charge in [0.1, 0.15) is 30.4 Å². The number of ether oxygens (including phenoxy) is 1. The summed E-state index contributed by atoms with van der Waals surface area (Å²) in [5.74, 6) is 2.15. The summed E-state index contributed by atoms with van der Waals surface area (Å²) in [6.07, 6.45) is 14.0. The molecule has 0 saturated carbocycles. The molecule has 0 unspecified atom stereocenters. The first-order valence-electron chi connectivity index (χ1n) is 13.4. The minimum atomic E-state index is -0.815. The SMILES string of the molecule is C/C(=C\CC/C(C)=C/CC[C@]1(C)CCc2c(C)c(O[Si](C)C)c(C)c(C)c2O1)CCC=C(CF)CF. The van der Waals surface area contributed by atoms with E-state index >= 15 is 0 Å². The number of fused-ring (bicyclic) bond motifs is 1. The van der Waals surface area contributed by atoms with Crippen molar-refractivity contribution in [2.24, 2.45) is 0 Å². The highest BCUT2D eigenvalue weighted by atomic mass is 28.3. The van der Waals surface area contributed by atoms with Crippen molar-refractivity contribution < 1.29 is 17.9 Å². The molecule has 0 saturated heterocycles. The third-order valence-corrected chi connectivity index (χ3v) is 7.99. The quantitative estimate of drug-likeness (QED) is 0.192. The number of hydrogen-bond donors (Lipinski definition) is 0. The third kappa shape index (κ3) is 8.60. The molecule has 0 fully saturated rings. The average Bonchev–Trinajstić information content (AvgIpc) is 2.83. The van der Waals surface area contributed by atoms with Gasteiger partial charge in [-0.3, -0.25) is 0 Å².